The van der Waals surface area contributed by atoms with Crippen LogP contribution < -0.4 is 5.32 Å². The van der Waals surface area contributed by atoms with Crippen LogP contribution in [0.1, 0.15) is 13.8 Å². The molecule has 1 aromatic rings. The molecule has 0 saturated carbocycles. The topological polar surface area (TPSA) is 29.1 Å². The Morgan fingerprint density at radius 3 is 2.56 bits per heavy atom. The lowest BCUT2D eigenvalue weighted by Gasteiger charge is -2.19. The number of carbonyl (C=O) groups excluding carboxylic acids is 1. The van der Waals surface area contributed by atoms with Gasteiger partial charge in [-0.25, -0.2) is 4.39 Å². The first-order valence-electron chi connectivity index (χ1n) is 4.82. The number of anilines is 1. The predicted octanol–water partition coefficient (Wildman–Crippen LogP) is 3.79. The first-order chi connectivity index (χ1) is 7.41. The van der Waals surface area contributed by atoms with Crippen LogP contribution in [0.15, 0.2) is 22.7 Å². The SMILES string of the molecule is CC(C)C(Nc1ccc(Br)cc1F)C(=O)Cl. The monoisotopic (exact) mass is 307 g/mol. The number of rotatable bonds is 4. The average molecular weight is 309 g/mol. The molecular weight excluding hydrogens is 296 g/mol. The summed E-state index contributed by atoms with van der Waals surface area (Å²) < 4.78 is 14.1. The normalized spacial score (nSPS) is 12.6. The highest BCUT2D eigenvalue weighted by Crippen LogP contribution is 2.22. The fourth-order valence-corrected chi connectivity index (χ4v) is 1.90. The number of nitrogens with one attached hydrogen (secondary N) is 1. The smallest absolute Gasteiger partial charge is 0.244 e. The quantitative estimate of drug-likeness (QED) is 0.857. The van der Waals surface area contributed by atoms with Gasteiger partial charge in [0.1, 0.15) is 11.9 Å². The molecular formula is C11H12BrClFNO. The minimum atomic E-state index is -0.586. The molecule has 0 aromatic heterocycles. The molecule has 0 fully saturated rings. The maximum absolute atomic E-state index is 13.5. The van der Waals surface area contributed by atoms with Crippen LogP contribution in [0.2, 0.25) is 0 Å². The summed E-state index contributed by atoms with van der Waals surface area (Å²) in [5.41, 5.74) is 0.274. The Hall–Kier alpha value is -0.610. The predicted molar refractivity (Wildman–Crippen MR) is 67.2 cm³/mol. The summed E-state index contributed by atoms with van der Waals surface area (Å²) in [6, 6.07) is 4.01. The fraction of sp³-hybridized carbons (Fsp3) is 0.364. The second-order valence-corrected chi connectivity index (χ2v) is 5.08. The van der Waals surface area contributed by atoms with Gasteiger partial charge in [0, 0.05) is 4.47 Å². The van der Waals surface area contributed by atoms with Crippen LogP contribution in [0, 0.1) is 11.7 Å². The summed E-state index contributed by atoms with van der Waals surface area (Å²) in [5.74, 6) is -0.425. The zero-order valence-electron chi connectivity index (χ0n) is 8.93. The third-order valence-electron chi connectivity index (χ3n) is 2.15. The molecule has 1 unspecified atom stereocenters. The minimum absolute atomic E-state index is 0.00644. The van der Waals surface area contributed by atoms with Crippen molar-refractivity contribution in [3.05, 3.63) is 28.5 Å². The molecule has 0 aliphatic rings. The Morgan fingerprint density at radius 1 is 1.50 bits per heavy atom. The van der Waals surface area contributed by atoms with Gasteiger partial charge in [0.05, 0.1) is 5.69 Å². The van der Waals surface area contributed by atoms with Crippen molar-refractivity contribution < 1.29 is 9.18 Å². The van der Waals surface area contributed by atoms with Gasteiger partial charge in [0.2, 0.25) is 5.24 Å². The molecule has 1 atom stereocenters. The van der Waals surface area contributed by atoms with Gasteiger partial charge in [0.25, 0.3) is 0 Å². The van der Waals surface area contributed by atoms with E-state index in [9.17, 15) is 9.18 Å². The lowest BCUT2D eigenvalue weighted by Crippen LogP contribution is -2.31. The van der Waals surface area contributed by atoms with E-state index in [1.807, 2.05) is 13.8 Å². The molecule has 16 heavy (non-hydrogen) atoms. The average Bonchev–Trinajstić information content (AvgIpc) is 2.15. The van der Waals surface area contributed by atoms with Crippen molar-refractivity contribution in [3.8, 4) is 0 Å². The van der Waals surface area contributed by atoms with Crippen molar-refractivity contribution >= 4 is 38.5 Å². The molecule has 0 aliphatic heterocycles. The second kappa shape index (κ2) is 5.64. The maximum Gasteiger partial charge on any atom is 0.244 e. The summed E-state index contributed by atoms with van der Waals surface area (Å²) >= 11 is 8.60. The summed E-state index contributed by atoms with van der Waals surface area (Å²) in [5, 5.41) is 2.28. The number of carbonyl (C=O) groups is 1. The highest BCUT2D eigenvalue weighted by atomic mass is 79.9. The van der Waals surface area contributed by atoms with E-state index < -0.39 is 17.1 Å². The Kier molecular flexibility index (Phi) is 4.74. The second-order valence-electron chi connectivity index (χ2n) is 3.79. The van der Waals surface area contributed by atoms with Crippen molar-refractivity contribution in [1.82, 2.24) is 0 Å². The number of hydrogen-bond donors (Lipinski definition) is 1. The third kappa shape index (κ3) is 3.46. The van der Waals surface area contributed by atoms with E-state index in [1.165, 1.54) is 6.07 Å². The Bertz CT molecular complexity index is 398. The van der Waals surface area contributed by atoms with E-state index in [0.717, 1.165) is 0 Å². The van der Waals surface area contributed by atoms with E-state index in [-0.39, 0.29) is 11.6 Å². The first-order valence-corrected chi connectivity index (χ1v) is 6.00. The van der Waals surface area contributed by atoms with E-state index >= 15 is 0 Å². The Balaban J connectivity index is 2.90. The lowest BCUT2D eigenvalue weighted by molar-refractivity contribution is -0.113. The minimum Gasteiger partial charge on any atom is -0.372 e. The van der Waals surface area contributed by atoms with Crippen molar-refractivity contribution in [2.75, 3.05) is 5.32 Å². The molecule has 0 saturated heterocycles. The van der Waals surface area contributed by atoms with E-state index in [4.69, 9.17) is 11.6 Å². The highest BCUT2D eigenvalue weighted by Gasteiger charge is 2.21. The number of hydrogen-bond acceptors (Lipinski definition) is 2. The van der Waals surface area contributed by atoms with Crippen LogP contribution in [0.4, 0.5) is 10.1 Å². The molecule has 1 aromatic carbocycles. The van der Waals surface area contributed by atoms with Gasteiger partial charge in [-0.15, -0.1) is 0 Å². The van der Waals surface area contributed by atoms with E-state index in [2.05, 4.69) is 21.2 Å². The maximum atomic E-state index is 13.5. The molecule has 0 heterocycles. The molecule has 88 valence electrons. The molecule has 2 nitrogen and oxygen atoms in total. The Labute approximate surface area is 107 Å². The van der Waals surface area contributed by atoms with E-state index in [1.54, 1.807) is 12.1 Å². The van der Waals surface area contributed by atoms with Crippen LogP contribution >= 0.6 is 27.5 Å². The van der Waals surface area contributed by atoms with Crippen molar-refractivity contribution in [2.45, 2.75) is 19.9 Å². The molecule has 1 N–H and O–H groups in total. The molecule has 5 heteroatoms. The standard InChI is InChI=1S/C11H12BrClFNO/c1-6(2)10(11(13)16)15-9-4-3-7(12)5-8(9)14/h3-6,10,15H,1-2H3. The van der Waals surface area contributed by atoms with Crippen molar-refractivity contribution in [2.24, 2.45) is 5.92 Å². The number of halogens is 3. The molecule has 0 bridgehead atoms. The molecule has 0 aliphatic carbocycles. The zero-order chi connectivity index (χ0) is 12.3. The van der Waals surface area contributed by atoms with Gasteiger partial charge in [-0.05, 0) is 35.7 Å². The van der Waals surface area contributed by atoms with Gasteiger partial charge in [-0.1, -0.05) is 29.8 Å². The van der Waals surface area contributed by atoms with Crippen LogP contribution in [-0.4, -0.2) is 11.3 Å². The van der Waals surface area contributed by atoms with E-state index in [0.29, 0.717) is 4.47 Å². The molecule has 1 rings (SSSR count). The highest BCUT2D eigenvalue weighted by molar-refractivity contribution is 9.10. The van der Waals surface area contributed by atoms with Crippen LogP contribution in [-0.2, 0) is 4.79 Å². The fourth-order valence-electron chi connectivity index (χ4n) is 1.26. The van der Waals surface area contributed by atoms with Crippen molar-refractivity contribution in [1.29, 1.82) is 0 Å². The van der Waals surface area contributed by atoms with Crippen molar-refractivity contribution in [3.63, 3.8) is 0 Å². The van der Waals surface area contributed by atoms with Gasteiger partial charge in [0.15, 0.2) is 0 Å². The lowest BCUT2D eigenvalue weighted by atomic mass is 10.1. The summed E-state index contributed by atoms with van der Waals surface area (Å²) in [6.45, 7) is 3.68. The molecule has 0 radical (unpaired) electrons. The molecule has 0 spiro atoms. The zero-order valence-corrected chi connectivity index (χ0v) is 11.3. The van der Waals surface area contributed by atoms with Crippen LogP contribution in [0.5, 0.6) is 0 Å². The van der Waals surface area contributed by atoms with Gasteiger partial charge in [-0.2, -0.15) is 0 Å². The largest absolute Gasteiger partial charge is 0.372 e. The van der Waals surface area contributed by atoms with Crippen LogP contribution in [0.3, 0.4) is 0 Å². The summed E-state index contributed by atoms with van der Waals surface area (Å²) in [6.07, 6.45) is 0. The molecule has 0 amide bonds. The number of benzene rings is 1. The third-order valence-corrected chi connectivity index (χ3v) is 2.88. The summed E-state index contributed by atoms with van der Waals surface area (Å²) in [7, 11) is 0. The van der Waals surface area contributed by atoms with Gasteiger partial charge in [-0.3, -0.25) is 4.79 Å². The van der Waals surface area contributed by atoms with Gasteiger partial charge < -0.3 is 5.32 Å². The van der Waals surface area contributed by atoms with Crippen LogP contribution in [0.25, 0.3) is 0 Å². The van der Waals surface area contributed by atoms with Gasteiger partial charge >= 0.3 is 0 Å². The first kappa shape index (κ1) is 13.5. The Morgan fingerprint density at radius 2 is 2.12 bits per heavy atom. The summed E-state index contributed by atoms with van der Waals surface area (Å²) in [4.78, 5) is 11.1.